The Labute approximate surface area is 204 Å². The fourth-order valence-electron chi connectivity index (χ4n) is 4.61. The van der Waals surface area contributed by atoms with Crippen LogP contribution < -0.4 is 16.4 Å². The maximum absolute atomic E-state index is 12.4. The second-order valence-electron chi connectivity index (χ2n) is 10.2. The maximum atomic E-state index is 12.4. The molecule has 9 nitrogen and oxygen atoms in total. The zero-order valence-electron chi connectivity index (χ0n) is 20.3. The maximum Gasteiger partial charge on any atom is 0.324 e. The van der Waals surface area contributed by atoms with E-state index in [1.165, 1.54) is 19.3 Å². The summed E-state index contributed by atoms with van der Waals surface area (Å²) in [6, 6.07) is 8.89. The van der Waals surface area contributed by atoms with Crippen molar-refractivity contribution in [2.24, 2.45) is 0 Å². The number of nitrogen functional groups attached to an aromatic ring is 1. The third-order valence-electron chi connectivity index (χ3n) is 6.49. The number of rotatable bonds is 4. The lowest BCUT2D eigenvalue weighted by Gasteiger charge is -2.20. The van der Waals surface area contributed by atoms with Crippen LogP contribution in [0.3, 0.4) is 0 Å². The van der Waals surface area contributed by atoms with Gasteiger partial charge in [-0.2, -0.15) is 0 Å². The normalized spacial score (nSPS) is 14.8. The average molecular weight is 474 g/mol. The van der Waals surface area contributed by atoms with Crippen LogP contribution in [0.5, 0.6) is 0 Å². The van der Waals surface area contributed by atoms with Crippen LogP contribution in [-0.2, 0) is 5.41 Å². The van der Waals surface area contributed by atoms with E-state index in [1.807, 2.05) is 51.2 Å². The number of nitrogens with one attached hydrogen (secondary N) is 2. The number of benzene rings is 1. The molecule has 0 bridgehead atoms. The molecule has 0 atom stereocenters. The number of urea groups is 1. The molecule has 182 valence electrons. The van der Waals surface area contributed by atoms with Gasteiger partial charge in [-0.3, -0.25) is 9.72 Å². The highest BCUT2D eigenvalue weighted by molar-refractivity contribution is 5.99. The Morgan fingerprint density at radius 2 is 1.86 bits per heavy atom. The van der Waals surface area contributed by atoms with Crippen molar-refractivity contribution >= 4 is 28.9 Å². The number of amides is 2. The number of nitrogens with two attached hydrogens (primary N) is 1. The van der Waals surface area contributed by atoms with Crippen LogP contribution in [0.15, 0.2) is 47.2 Å². The molecule has 4 aromatic rings. The molecule has 0 saturated heterocycles. The fraction of sp³-hybridized carbons (Fsp3) is 0.385. The third-order valence-corrected chi connectivity index (χ3v) is 6.49. The summed E-state index contributed by atoms with van der Waals surface area (Å²) in [5, 5.41) is 9.45. The Kier molecular flexibility index (Phi) is 5.92. The molecular formula is C26H31N7O2. The number of imidazole rings is 1. The lowest BCUT2D eigenvalue weighted by atomic mass is 9.89. The van der Waals surface area contributed by atoms with Crippen molar-refractivity contribution < 1.29 is 9.32 Å². The van der Waals surface area contributed by atoms with Gasteiger partial charge in [-0.05, 0) is 25.0 Å². The van der Waals surface area contributed by atoms with E-state index in [0.29, 0.717) is 29.0 Å². The summed E-state index contributed by atoms with van der Waals surface area (Å²) >= 11 is 0. The quantitative estimate of drug-likeness (QED) is 0.336. The Balaban J connectivity index is 1.35. The molecule has 2 amide bonds. The van der Waals surface area contributed by atoms with Crippen molar-refractivity contribution in [3.8, 4) is 11.3 Å². The number of carbonyl (C=O) groups excluding carboxylic acids is 1. The second-order valence-corrected chi connectivity index (χ2v) is 10.2. The lowest BCUT2D eigenvalue weighted by molar-refractivity contribution is 0.262. The Hall–Kier alpha value is -3.88. The summed E-state index contributed by atoms with van der Waals surface area (Å²) in [6.07, 6.45) is 9.69. The molecule has 0 radical (unpaired) electrons. The molecule has 3 heterocycles. The number of carbonyl (C=O) groups is 1. The van der Waals surface area contributed by atoms with E-state index in [9.17, 15) is 4.79 Å². The number of nitrogens with zero attached hydrogens (tertiary/aromatic N) is 4. The van der Waals surface area contributed by atoms with Gasteiger partial charge in [0.15, 0.2) is 5.82 Å². The van der Waals surface area contributed by atoms with Gasteiger partial charge < -0.3 is 15.6 Å². The first-order valence-corrected chi connectivity index (χ1v) is 12.1. The largest absolute Gasteiger partial charge is 0.382 e. The highest BCUT2D eigenvalue weighted by atomic mass is 16.5. The van der Waals surface area contributed by atoms with Crippen molar-refractivity contribution in [2.45, 2.75) is 64.2 Å². The number of anilines is 3. The van der Waals surface area contributed by atoms with Gasteiger partial charge in [0.2, 0.25) is 0 Å². The van der Waals surface area contributed by atoms with Gasteiger partial charge in [-0.25, -0.2) is 14.8 Å². The molecule has 1 fully saturated rings. The molecule has 4 N–H and O–H groups in total. The molecule has 1 aliphatic rings. The standard InChI is InChI=1S/C26H31N7O2/c1-26(2,3)19-15-20(32-35-19)30-25(34)29-18-11-9-16(10-12-18)21-22-23(27)28-13-14-33(22)24(31-21)17-7-5-4-6-8-17/h9-15,17H,4-8H2,1-3H3,(H2,27,28)(H2,29,30,32,34). The van der Waals surface area contributed by atoms with E-state index < -0.39 is 6.03 Å². The van der Waals surface area contributed by atoms with Crippen LogP contribution in [-0.4, -0.2) is 25.6 Å². The molecule has 35 heavy (non-hydrogen) atoms. The first-order valence-electron chi connectivity index (χ1n) is 12.1. The minimum atomic E-state index is -0.396. The number of hydrogen-bond acceptors (Lipinski definition) is 6. The van der Waals surface area contributed by atoms with E-state index >= 15 is 0 Å². The SMILES string of the molecule is CC(C)(C)c1cc(NC(=O)Nc2ccc(-c3nc(C4CCCCC4)n4ccnc(N)c34)cc2)no1. The van der Waals surface area contributed by atoms with E-state index in [1.54, 1.807) is 12.3 Å². The Bertz CT molecular complexity index is 1340. The molecule has 9 heteroatoms. The minimum Gasteiger partial charge on any atom is -0.382 e. The smallest absolute Gasteiger partial charge is 0.324 e. The zero-order valence-corrected chi connectivity index (χ0v) is 20.3. The average Bonchev–Trinajstić information content (AvgIpc) is 3.46. The van der Waals surface area contributed by atoms with Gasteiger partial charge in [0.25, 0.3) is 0 Å². The van der Waals surface area contributed by atoms with Crippen LogP contribution in [0, 0.1) is 0 Å². The summed E-state index contributed by atoms with van der Waals surface area (Å²) in [7, 11) is 0. The van der Waals surface area contributed by atoms with Crippen LogP contribution >= 0.6 is 0 Å². The summed E-state index contributed by atoms with van der Waals surface area (Å²) in [6.45, 7) is 6.05. The number of aromatic nitrogens is 4. The van der Waals surface area contributed by atoms with Crippen molar-refractivity contribution in [1.29, 1.82) is 0 Å². The van der Waals surface area contributed by atoms with E-state index in [2.05, 4.69) is 25.2 Å². The molecule has 1 saturated carbocycles. The lowest BCUT2D eigenvalue weighted by Crippen LogP contribution is -2.19. The number of fused-ring (bicyclic) bond motifs is 1. The molecule has 0 aliphatic heterocycles. The van der Waals surface area contributed by atoms with E-state index in [-0.39, 0.29) is 5.41 Å². The van der Waals surface area contributed by atoms with Crippen LogP contribution in [0.2, 0.25) is 0 Å². The number of hydrogen-bond donors (Lipinski definition) is 3. The highest BCUT2D eigenvalue weighted by Gasteiger charge is 2.24. The zero-order chi connectivity index (χ0) is 24.6. The van der Waals surface area contributed by atoms with Gasteiger partial charge in [0.05, 0.1) is 0 Å². The van der Waals surface area contributed by atoms with E-state index in [0.717, 1.165) is 35.4 Å². The minimum absolute atomic E-state index is 0.188. The van der Waals surface area contributed by atoms with Gasteiger partial charge in [-0.15, -0.1) is 0 Å². The first kappa shape index (κ1) is 22.9. The van der Waals surface area contributed by atoms with Crippen molar-refractivity contribution in [3.63, 3.8) is 0 Å². The summed E-state index contributed by atoms with van der Waals surface area (Å²) in [5.41, 5.74) is 9.30. The van der Waals surface area contributed by atoms with Crippen molar-refractivity contribution in [3.05, 3.63) is 54.3 Å². The van der Waals surface area contributed by atoms with Gasteiger partial charge >= 0.3 is 6.03 Å². The first-order chi connectivity index (χ1) is 16.8. The summed E-state index contributed by atoms with van der Waals surface area (Å²) < 4.78 is 7.41. The van der Waals surface area contributed by atoms with Crippen LogP contribution in [0.25, 0.3) is 16.8 Å². The second kappa shape index (κ2) is 9.05. The monoisotopic (exact) mass is 473 g/mol. The Morgan fingerprint density at radius 3 is 2.54 bits per heavy atom. The van der Waals surface area contributed by atoms with Crippen molar-refractivity contribution in [2.75, 3.05) is 16.4 Å². The van der Waals surface area contributed by atoms with Crippen molar-refractivity contribution in [1.82, 2.24) is 19.5 Å². The van der Waals surface area contributed by atoms with Gasteiger partial charge in [0.1, 0.15) is 28.6 Å². The molecule has 0 spiro atoms. The summed E-state index contributed by atoms with van der Waals surface area (Å²) in [4.78, 5) is 21.8. The van der Waals surface area contributed by atoms with Crippen LogP contribution in [0.1, 0.15) is 70.4 Å². The molecule has 1 aromatic carbocycles. The van der Waals surface area contributed by atoms with Gasteiger partial charge in [0, 0.05) is 41.0 Å². The topological polar surface area (TPSA) is 123 Å². The Morgan fingerprint density at radius 1 is 1.11 bits per heavy atom. The molecule has 0 unspecified atom stereocenters. The summed E-state index contributed by atoms with van der Waals surface area (Å²) in [5.74, 6) is 3.00. The molecular weight excluding hydrogens is 442 g/mol. The van der Waals surface area contributed by atoms with Gasteiger partial charge in [-0.1, -0.05) is 57.3 Å². The molecule has 3 aromatic heterocycles. The highest BCUT2D eigenvalue weighted by Crippen LogP contribution is 2.36. The molecule has 1 aliphatic carbocycles. The fourth-order valence-corrected chi connectivity index (χ4v) is 4.61. The molecule has 5 rings (SSSR count). The predicted octanol–water partition coefficient (Wildman–Crippen LogP) is 5.96. The third kappa shape index (κ3) is 4.71. The predicted molar refractivity (Wildman–Crippen MR) is 137 cm³/mol. The van der Waals surface area contributed by atoms with E-state index in [4.69, 9.17) is 15.2 Å². The van der Waals surface area contributed by atoms with Crippen LogP contribution in [0.4, 0.5) is 22.1 Å².